The van der Waals surface area contributed by atoms with Crippen molar-refractivity contribution in [2.45, 2.75) is 13.8 Å². The summed E-state index contributed by atoms with van der Waals surface area (Å²) >= 11 is 0. The maximum Gasteiger partial charge on any atom is 0.208 e. The first-order chi connectivity index (χ1) is 27.8. The van der Waals surface area contributed by atoms with Crippen molar-refractivity contribution in [2.24, 2.45) is 0 Å². The molecule has 9 aromatic carbocycles. The van der Waals surface area contributed by atoms with Crippen LogP contribution in [0.4, 0.5) is 34.1 Å². The lowest BCUT2D eigenvalue weighted by atomic mass is 9.88. The van der Waals surface area contributed by atoms with Gasteiger partial charge in [0, 0.05) is 22.1 Å². The monoisotopic (exact) mass is 774 g/mol. The molecule has 0 atom stereocenters. The molecule has 12 heteroatoms. The highest BCUT2D eigenvalue weighted by Crippen LogP contribution is 2.61. The fourth-order valence-corrected chi connectivity index (χ4v) is 8.00. The molecular weight excluding hydrogens is 741 g/mol. The van der Waals surface area contributed by atoms with Crippen LogP contribution >= 0.6 is 0 Å². The van der Waals surface area contributed by atoms with E-state index < -0.39 is 57.5 Å². The Labute approximate surface area is 329 Å². The van der Waals surface area contributed by atoms with Crippen molar-refractivity contribution in [3.63, 3.8) is 0 Å². The van der Waals surface area contributed by atoms with Gasteiger partial charge in [-0.25, -0.2) is 0 Å². The third-order valence-electron chi connectivity index (χ3n) is 10.8. The lowest BCUT2D eigenvalue weighted by Crippen LogP contribution is -2.12. The third-order valence-corrected chi connectivity index (χ3v) is 10.8. The first-order valence-corrected chi connectivity index (χ1v) is 18.0. The molecule has 0 bridgehead atoms. The Morgan fingerprint density at radius 1 is 0.293 bits per heavy atom. The number of aromatic hydroxyl groups is 10. The summed E-state index contributed by atoms with van der Waals surface area (Å²) in [6.45, 7) is 3.80. The molecule has 0 amide bonds. The molecule has 288 valence electrons. The van der Waals surface area contributed by atoms with Crippen molar-refractivity contribution in [3.05, 3.63) is 120 Å². The Morgan fingerprint density at radius 2 is 0.569 bits per heavy atom. The number of fused-ring (bicyclic) bond motifs is 2. The SMILES string of the molecule is Cc1ccc(N(c2c(O)c(O)c(O)c(O)c2O)c2ccc3c4cccc5c(N(c6ccc(C)cc6)c6c(O)c(O)c(O)c(O)c6O)ccc(c6cccc2c63)c54)cc1. The highest BCUT2D eigenvalue weighted by atomic mass is 16.4. The fraction of sp³-hybridized carbons (Fsp3) is 0.0435. The zero-order chi connectivity index (χ0) is 40.9. The van der Waals surface area contributed by atoms with Gasteiger partial charge in [-0.3, -0.25) is 0 Å². The van der Waals surface area contributed by atoms with Gasteiger partial charge in [0.15, 0.2) is 23.0 Å². The first kappa shape index (κ1) is 35.6. The van der Waals surface area contributed by atoms with Crippen LogP contribution in [-0.4, -0.2) is 51.1 Å². The largest absolute Gasteiger partial charge is 0.503 e. The van der Waals surface area contributed by atoms with Gasteiger partial charge in [-0.05, 0) is 82.6 Å². The van der Waals surface area contributed by atoms with Gasteiger partial charge in [0.05, 0.1) is 11.4 Å². The second-order valence-corrected chi connectivity index (χ2v) is 14.2. The average Bonchev–Trinajstić information content (AvgIpc) is 3.24. The smallest absolute Gasteiger partial charge is 0.208 e. The van der Waals surface area contributed by atoms with Crippen LogP contribution in [0, 0.1) is 13.8 Å². The lowest BCUT2D eigenvalue weighted by Gasteiger charge is -2.30. The van der Waals surface area contributed by atoms with Crippen LogP contribution < -0.4 is 9.80 Å². The Kier molecular flexibility index (Phi) is 7.80. The Hall–Kier alpha value is -8.12. The summed E-state index contributed by atoms with van der Waals surface area (Å²) in [7, 11) is 0. The van der Waals surface area contributed by atoms with Crippen LogP contribution in [0.2, 0.25) is 0 Å². The van der Waals surface area contributed by atoms with Gasteiger partial charge >= 0.3 is 0 Å². The summed E-state index contributed by atoms with van der Waals surface area (Å²) in [5.41, 5.74) is 2.95. The van der Waals surface area contributed by atoms with Gasteiger partial charge in [0.1, 0.15) is 11.4 Å². The van der Waals surface area contributed by atoms with Crippen LogP contribution in [0.3, 0.4) is 0 Å². The summed E-state index contributed by atoms with van der Waals surface area (Å²) in [5, 5.41) is 114. The van der Waals surface area contributed by atoms with E-state index in [9.17, 15) is 51.1 Å². The molecule has 0 aliphatic rings. The number of rotatable bonds is 6. The Balaban J connectivity index is 1.36. The van der Waals surface area contributed by atoms with Gasteiger partial charge in [0.2, 0.25) is 34.5 Å². The summed E-state index contributed by atoms with van der Waals surface area (Å²) in [6.07, 6.45) is 0. The van der Waals surface area contributed by atoms with Crippen LogP contribution in [0.15, 0.2) is 109 Å². The number of nitrogens with zero attached hydrogens (tertiary/aromatic N) is 2. The lowest BCUT2D eigenvalue weighted by molar-refractivity contribution is 0.329. The average molecular weight is 775 g/mol. The Morgan fingerprint density at radius 3 is 0.897 bits per heavy atom. The minimum atomic E-state index is -1.08. The molecule has 10 N–H and O–H groups in total. The first-order valence-electron chi connectivity index (χ1n) is 18.0. The van der Waals surface area contributed by atoms with E-state index in [1.807, 2.05) is 86.6 Å². The second-order valence-electron chi connectivity index (χ2n) is 14.2. The van der Waals surface area contributed by atoms with Crippen molar-refractivity contribution in [1.82, 2.24) is 0 Å². The van der Waals surface area contributed by atoms with E-state index in [2.05, 4.69) is 0 Å². The number of aryl methyl sites for hydroxylation is 2. The van der Waals surface area contributed by atoms with E-state index in [-0.39, 0.29) is 11.4 Å². The molecule has 0 unspecified atom stereocenters. The molecule has 0 aliphatic carbocycles. The van der Waals surface area contributed by atoms with E-state index in [1.54, 1.807) is 36.4 Å². The van der Waals surface area contributed by atoms with Gasteiger partial charge in [-0.15, -0.1) is 0 Å². The third kappa shape index (κ3) is 4.94. The zero-order valence-corrected chi connectivity index (χ0v) is 30.8. The fourth-order valence-electron chi connectivity index (χ4n) is 8.00. The van der Waals surface area contributed by atoms with Crippen LogP contribution in [0.25, 0.3) is 43.1 Å². The predicted octanol–water partition coefficient (Wildman–Crippen LogP) is 10.3. The van der Waals surface area contributed by atoms with Crippen LogP contribution in [0.5, 0.6) is 57.5 Å². The molecular formula is C46H34N2O10. The molecule has 0 radical (unpaired) electrons. The molecule has 0 spiro atoms. The molecule has 9 aromatic rings. The highest BCUT2D eigenvalue weighted by molar-refractivity contribution is 6.35. The van der Waals surface area contributed by atoms with Gasteiger partial charge in [-0.1, -0.05) is 83.9 Å². The summed E-state index contributed by atoms with van der Waals surface area (Å²) in [5.74, 6) is -9.64. The number of hydrogen-bond donors (Lipinski definition) is 10. The van der Waals surface area contributed by atoms with Crippen LogP contribution in [0.1, 0.15) is 11.1 Å². The van der Waals surface area contributed by atoms with Crippen molar-refractivity contribution < 1.29 is 51.1 Å². The minimum Gasteiger partial charge on any atom is -0.503 e. The van der Waals surface area contributed by atoms with Crippen molar-refractivity contribution >= 4 is 77.2 Å². The predicted molar refractivity (Wildman–Crippen MR) is 223 cm³/mol. The van der Waals surface area contributed by atoms with Gasteiger partial charge in [-0.2, -0.15) is 0 Å². The molecule has 9 rings (SSSR count). The standard InChI is InChI=1S/C46H34N2O10/c1-21-9-13-23(14-10-21)47(35-37(49)41(53)45(57)42(54)38(35)50)31-19-17-27-26-6-4-8-30-32(20-18-28(34(26)30)25-5-3-7-29(31)33(25)27)48(24-15-11-22(2)12-16-24)36-39(51)43(55)46(58)44(56)40(36)52/h3-20,49-58H,1-2H3. The normalized spacial score (nSPS) is 11.6. The van der Waals surface area contributed by atoms with Crippen LogP contribution in [-0.2, 0) is 0 Å². The summed E-state index contributed by atoms with van der Waals surface area (Å²) in [4.78, 5) is 2.98. The summed E-state index contributed by atoms with van der Waals surface area (Å²) in [6, 6.07) is 33.0. The topological polar surface area (TPSA) is 209 Å². The number of anilines is 6. The van der Waals surface area contributed by atoms with E-state index in [0.717, 1.165) is 43.4 Å². The number of phenolic OH excluding ortho intramolecular Hbond substituents is 10. The van der Waals surface area contributed by atoms with E-state index in [4.69, 9.17) is 0 Å². The maximum absolute atomic E-state index is 11.2. The molecule has 0 saturated carbocycles. The van der Waals surface area contributed by atoms with Crippen molar-refractivity contribution in [2.75, 3.05) is 9.80 Å². The zero-order valence-electron chi connectivity index (χ0n) is 30.8. The second kappa shape index (κ2) is 12.7. The minimum absolute atomic E-state index is 0.366. The van der Waals surface area contributed by atoms with Crippen molar-refractivity contribution in [1.29, 1.82) is 0 Å². The molecule has 0 fully saturated rings. The Bertz CT molecular complexity index is 2860. The number of benzene rings is 9. The van der Waals surface area contributed by atoms with Crippen molar-refractivity contribution in [3.8, 4) is 57.5 Å². The van der Waals surface area contributed by atoms with Gasteiger partial charge in [0.25, 0.3) is 0 Å². The van der Waals surface area contributed by atoms with E-state index >= 15 is 0 Å². The highest BCUT2D eigenvalue weighted by Gasteiger charge is 2.32. The number of phenols is 10. The molecule has 0 saturated heterocycles. The number of hydrogen-bond acceptors (Lipinski definition) is 12. The molecule has 12 nitrogen and oxygen atoms in total. The molecule has 0 heterocycles. The van der Waals surface area contributed by atoms with E-state index in [0.29, 0.717) is 33.5 Å². The quantitative estimate of drug-likeness (QED) is 0.0331. The van der Waals surface area contributed by atoms with Gasteiger partial charge < -0.3 is 60.9 Å². The molecule has 58 heavy (non-hydrogen) atoms. The summed E-state index contributed by atoms with van der Waals surface area (Å²) < 4.78 is 0. The maximum atomic E-state index is 11.2. The molecule has 0 aromatic heterocycles. The molecule has 0 aliphatic heterocycles. The van der Waals surface area contributed by atoms with E-state index in [1.165, 1.54) is 9.80 Å².